The third-order valence-corrected chi connectivity index (χ3v) is 4.56. The Morgan fingerprint density at radius 2 is 1.61 bits per heavy atom. The summed E-state index contributed by atoms with van der Waals surface area (Å²) in [6.45, 7) is 11.5. The molecule has 0 aromatic carbocycles. The maximum Gasteiger partial charge on any atom is -0.0320 e. The van der Waals surface area contributed by atoms with Gasteiger partial charge in [-0.3, -0.25) is 0 Å². The summed E-state index contributed by atoms with van der Waals surface area (Å²) in [5.74, 6) is 1.90. The van der Waals surface area contributed by atoms with E-state index in [0.717, 1.165) is 11.8 Å². The van der Waals surface area contributed by atoms with E-state index >= 15 is 0 Å². The first-order valence-corrected chi connectivity index (χ1v) is 8.31. The van der Waals surface area contributed by atoms with E-state index in [0.29, 0.717) is 0 Å². The molecule has 18 heavy (non-hydrogen) atoms. The van der Waals surface area contributed by atoms with Crippen LogP contribution in [0.15, 0.2) is 11.6 Å². The van der Waals surface area contributed by atoms with E-state index in [-0.39, 0.29) is 0 Å². The molecule has 0 N–H and O–H groups in total. The Labute approximate surface area is 116 Å². The van der Waals surface area contributed by atoms with E-state index in [1.54, 1.807) is 5.57 Å². The largest absolute Gasteiger partial charge is 0.0885 e. The monoisotopic (exact) mass is 252 g/mol. The highest BCUT2D eigenvalue weighted by Crippen LogP contribution is 2.23. The van der Waals surface area contributed by atoms with Crippen molar-refractivity contribution in [3.63, 3.8) is 0 Å². The summed E-state index contributed by atoms with van der Waals surface area (Å²) >= 11 is 0. The molecule has 0 nitrogen and oxygen atoms in total. The van der Waals surface area contributed by atoms with Gasteiger partial charge in [0, 0.05) is 0 Å². The van der Waals surface area contributed by atoms with Gasteiger partial charge in [-0.15, -0.1) is 0 Å². The van der Waals surface area contributed by atoms with Crippen LogP contribution in [0.3, 0.4) is 0 Å². The SMILES string of the molecule is CC=C(CC)CCCC(CC)CCCC(C)CC. The fraction of sp³-hybridized carbons (Fsp3) is 0.889. The zero-order chi connectivity index (χ0) is 13.8. The zero-order valence-corrected chi connectivity index (χ0v) is 13.6. The summed E-state index contributed by atoms with van der Waals surface area (Å²) in [6.07, 6.45) is 14.8. The summed E-state index contributed by atoms with van der Waals surface area (Å²) in [5, 5.41) is 0. The maximum atomic E-state index is 2.39. The minimum atomic E-state index is 0.928. The molecule has 0 rings (SSSR count). The van der Waals surface area contributed by atoms with E-state index in [1.807, 2.05) is 0 Å². The molecule has 0 fully saturated rings. The number of hydrogen-bond donors (Lipinski definition) is 0. The lowest BCUT2D eigenvalue weighted by molar-refractivity contribution is 0.381. The molecule has 0 radical (unpaired) electrons. The van der Waals surface area contributed by atoms with Crippen LogP contribution in [0.25, 0.3) is 0 Å². The Morgan fingerprint density at radius 1 is 0.944 bits per heavy atom. The highest BCUT2D eigenvalue weighted by molar-refractivity contribution is 4.98. The first-order chi connectivity index (χ1) is 8.67. The molecule has 108 valence electrons. The molecule has 0 amide bonds. The first-order valence-electron chi connectivity index (χ1n) is 8.31. The molecule has 2 unspecified atom stereocenters. The average Bonchev–Trinajstić information content (AvgIpc) is 2.41. The third kappa shape index (κ3) is 8.78. The first kappa shape index (κ1) is 17.7. The topological polar surface area (TPSA) is 0 Å². The van der Waals surface area contributed by atoms with Crippen LogP contribution < -0.4 is 0 Å². The molecule has 0 heteroatoms. The van der Waals surface area contributed by atoms with Crippen molar-refractivity contribution in [2.24, 2.45) is 11.8 Å². The van der Waals surface area contributed by atoms with Crippen molar-refractivity contribution in [2.45, 2.75) is 92.4 Å². The van der Waals surface area contributed by atoms with Crippen molar-refractivity contribution >= 4 is 0 Å². The van der Waals surface area contributed by atoms with Crippen molar-refractivity contribution in [2.75, 3.05) is 0 Å². The van der Waals surface area contributed by atoms with Gasteiger partial charge in [0.1, 0.15) is 0 Å². The summed E-state index contributed by atoms with van der Waals surface area (Å²) in [5.41, 5.74) is 1.64. The van der Waals surface area contributed by atoms with Crippen LogP contribution >= 0.6 is 0 Å². The molecule has 0 saturated heterocycles. The molecular formula is C18H36. The van der Waals surface area contributed by atoms with E-state index in [9.17, 15) is 0 Å². The summed E-state index contributed by atoms with van der Waals surface area (Å²) in [7, 11) is 0. The lowest BCUT2D eigenvalue weighted by Crippen LogP contribution is -2.01. The van der Waals surface area contributed by atoms with Gasteiger partial charge < -0.3 is 0 Å². The van der Waals surface area contributed by atoms with Crippen LogP contribution in [0, 0.1) is 11.8 Å². The standard InChI is InChI=1S/C18H36/c1-6-16(5)12-10-14-18(9-4)15-11-13-17(7-2)8-3/h7,16,18H,6,8-15H2,1-5H3. The van der Waals surface area contributed by atoms with Crippen LogP contribution in [-0.2, 0) is 0 Å². The lowest BCUT2D eigenvalue weighted by Gasteiger charge is -2.16. The molecule has 0 aliphatic carbocycles. The highest BCUT2D eigenvalue weighted by Gasteiger charge is 2.07. The highest BCUT2D eigenvalue weighted by atomic mass is 14.1. The van der Waals surface area contributed by atoms with Gasteiger partial charge in [0.25, 0.3) is 0 Å². The van der Waals surface area contributed by atoms with Gasteiger partial charge in [-0.1, -0.05) is 77.9 Å². The van der Waals surface area contributed by atoms with Crippen molar-refractivity contribution in [1.82, 2.24) is 0 Å². The predicted octanol–water partition coefficient (Wildman–Crippen LogP) is 6.76. The molecule has 0 spiro atoms. The van der Waals surface area contributed by atoms with Crippen LogP contribution in [0.5, 0.6) is 0 Å². The number of rotatable bonds is 11. The van der Waals surface area contributed by atoms with Crippen LogP contribution in [0.1, 0.15) is 92.4 Å². The molecule has 0 aromatic heterocycles. The Kier molecular flexibility index (Phi) is 11.6. The molecule has 0 aliphatic rings. The Morgan fingerprint density at radius 3 is 2.11 bits per heavy atom. The molecule has 0 aliphatic heterocycles. The zero-order valence-electron chi connectivity index (χ0n) is 13.6. The van der Waals surface area contributed by atoms with E-state index in [2.05, 4.69) is 40.7 Å². The van der Waals surface area contributed by atoms with Gasteiger partial charge in [-0.2, -0.15) is 0 Å². The van der Waals surface area contributed by atoms with Gasteiger partial charge >= 0.3 is 0 Å². The third-order valence-electron chi connectivity index (χ3n) is 4.56. The predicted molar refractivity (Wildman–Crippen MR) is 85.0 cm³/mol. The molecular weight excluding hydrogens is 216 g/mol. The second kappa shape index (κ2) is 11.8. The fourth-order valence-corrected chi connectivity index (χ4v) is 2.65. The van der Waals surface area contributed by atoms with Gasteiger partial charge in [0.15, 0.2) is 0 Å². The van der Waals surface area contributed by atoms with Crippen LogP contribution in [-0.4, -0.2) is 0 Å². The Bertz CT molecular complexity index is 202. The van der Waals surface area contributed by atoms with Gasteiger partial charge in [-0.05, 0) is 38.0 Å². The summed E-state index contributed by atoms with van der Waals surface area (Å²) in [4.78, 5) is 0. The molecule has 0 aromatic rings. The van der Waals surface area contributed by atoms with E-state index < -0.39 is 0 Å². The van der Waals surface area contributed by atoms with Gasteiger partial charge in [-0.25, -0.2) is 0 Å². The normalized spacial score (nSPS) is 15.7. The second-order valence-electron chi connectivity index (χ2n) is 5.91. The Balaban J connectivity index is 3.70. The van der Waals surface area contributed by atoms with E-state index in [4.69, 9.17) is 0 Å². The number of hydrogen-bond acceptors (Lipinski definition) is 0. The molecule has 0 heterocycles. The van der Waals surface area contributed by atoms with Crippen molar-refractivity contribution in [1.29, 1.82) is 0 Å². The minimum Gasteiger partial charge on any atom is -0.0885 e. The quantitative estimate of drug-likeness (QED) is 0.356. The van der Waals surface area contributed by atoms with Gasteiger partial charge in [0.05, 0.1) is 0 Å². The van der Waals surface area contributed by atoms with E-state index in [1.165, 1.54) is 57.8 Å². The van der Waals surface area contributed by atoms with Crippen molar-refractivity contribution in [3.05, 3.63) is 11.6 Å². The summed E-state index contributed by atoms with van der Waals surface area (Å²) < 4.78 is 0. The maximum absolute atomic E-state index is 2.39. The van der Waals surface area contributed by atoms with Crippen molar-refractivity contribution in [3.8, 4) is 0 Å². The minimum absolute atomic E-state index is 0.928. The number of allylic oxidation sites excluding steroid dienone is 2. The van der Waals surface area contributed by atoms with Crippen LogP contribution in [0.4, 0.5) is 0 Å². The summed E-state index contributed by atoms with van der Waals surface area (Å²) in [6, 6.07) is 0. The van der Waals surface area contributed by atoms with Crippen molar-refractivity contribution < 1.29 is 0 Å². The average molecular weight is 252 g/mol. The smallest absolute Gasteiger partial charge is 0.0320 e. The molecule has 0 bridgehead atoms. The van der Waals surface area contributed by atoms with Gasteiger partial charge in [0.2, 0.25) is 0 Å². The van der Waals surface area contributed by atoms with Crippen LogP contribution in [0.2, 0.25) is 0 Å². The lowest BCUT2D eigenvalue weighted by atomic mass is 9.90. The second-order valence-corrected chi connectivity index (χ2v) is 5.91. The fourth-order valence-electron chi connectivity index (χ4n) is 2.65. The molecule has 0 saturated carbocycles. The Hall–Kier alpha value is -0.260. The molecule has 2 atom stereocenters.